The first kappa shape index (κ1) is 34.7. The van der Waals surface area contributed by atoms with Crippen molar-refractivity contribution in [3.05, 3.63) is 68.8 Å². The third-order valence-electron chi connectivity index (χ3n) is 10.4. The van der Waals surface area contributed by atoms with Gasteiger partial charge in [0.05, 0.1) is 0 Å². The van der Waals surface area contributed by atoms with Crippen molar-refractivity contribution in [2.75, 3.05) is 0 Å². The lowest BCUT2D eigenvalue weighted by Gasteiger charge is -2.32. The molecule has 0 spiro atoms. The first-order valence-corrected chi connectivity index (χ1v) is 15.7. The Kier molecular flexibility index (Phi) is 10.8. The van der Waals surface area contributed by atoms with Crippen LogP contribution in [-0.2, 0) is 39.3 Å². The van der Waals surface area contributed by atoms with Crippen molar-refractivity contribution in [3.8, 4) is 5.75 Å². The molecule has 2 rings (SSSR count). The van der Waals surface area contributed by atoms with Gasteiger partial charge in [0.2, 0.25) is 0 Å². The van der Waals surface area contributed by atoms with Gasteiger partial charge in [0.25, 0.3) is 0 Å². The van der Waals surface area contributed by atoms with Crippen molar-refractivity contribution >= 4 is 12.0 Å². The molecule has 0 aromatic heterocycles. The van der Waals surface area contributed by atoms with E-state index in [9.17, 15) is 15.0 Å². The fourth-order valence-electron chi connectivity index (χ4n) is 5.17. The molecule has 2 N–H and O–H groups in total. The molecule has 0 unspecified atom stereocenters. The number of rotatable bonds is 13. The largest absolute Gasteiger partial charge is 0.507 e. The van der Waals surface area contributed by atoms with Gasteiger partial charge in [-0.1, -0.05) is 107 Å². The highest BCUT2D eigenvalue weighted by molar-refractivity contribution is 5.92. The Balaban J connectivity index is 2.87. The van der Waals surface area contributed by atoms with Crippen LogP contribution in [0.2, 0.25) is 0 Å². The zero-order valence-corrected chi connectivity index (χ0v) is 28.4. The average Bonchev–Trinajstić information content (AvgIpc) is 2.92. The van der Waals surface area contributed by atoms with Gasteiger partial charge in [-0.15, -0.1) is 0 Å². The van der Waals surface area contributed by atoms with Crippen molar-refractivity contribution in [1.82, 2.24) is 0 Å². The van der Waals surface area contributed by atoms with Crippen molar-refractivity contribution in [2.24, 2.45) is 0 Å². The number of aliphatic carboxylic acids is 1. The Morgan fingerprint density at radius 2 is 1.05 bits per heavy atom. The summed E-state index contributed by atoms with van der Waals surface area (Å²) in [5.41, 5.74) is 7.97. The maximum atomic E-state index is 12.0. The molecule has 0 bridgehead atoms. The SMILES string of the molecule is CCC(C)(C)c1cc(CCc2cc(C(C)(C)CC)cc(C(C)(C)CC)c2C=C(C)C(=O)O)c(O)c(C(C)(C)CC)c1. The fraction of sp³-hybridized carbons (Fsp3) is 0.605. The van der Waals surface area contributed by atoms with E-state index >= 15 is 0 Å². The quantitative estimate of drug-likeness (QED) is 0.239. The molecule has 0 aliphatic rings. The summed E-state index contributed by atoms with van der Waals surface area (Å²) in [7, 11) is 0. The lowest BCUT2D eigenvalue weighted by Crippen LogP contribution is -2.23. The summed E-state index contributed by atoms with van der Waals surface area (Å²) in [5, 5.41) is 21.4. The minimum absolute atomic E-state index is 0.00307. The molecule has 0 aliphatic heterocycles. The topological polar surface area (TPSA) is 57.5 Å². The van der Waals surface area contributed by atoms with Crippen LogP contribution in [0.25, 0.3) is 6.08 Å². The van der Waals surface area contributed by atoms with Crippen LogP contribution in [-0.4, -0.2) is 16.2 Å². The molecule has 41 heavy (non-hydrogen) atoms. The molecule has 0 radical (unpaired) electrons. The van der Waals surface area contributed by atoms with Crippen LogP contribution >= 0.6 is 0 Å². The maximum absolute atomic E-state index is 12.0. The summed E-state index contributed by atoms with van der Waals surface area (Å²) < 4.78 is 0. The Labute approximate surface area is 251 Å². The van der Waals surface area contributed by atoms with E-state index in [1.807, 2.05) is 6.08 Å². The third kappa shape index (κ3) is 7.65. The number of phenols is 1. The zero-order valence-electron chi connectivity index (χ0n) is 28.4. The second-order valence-corrected chi connectivity index (χ2v) is 14.7. The predicted octanol–water partition coefficient (Wildman–Crippen LogP) is 10.4. The maximum Gasteiger partial charge on any atom is 0.331 e. The van der Waals surface area contributed by atoms with E-state index in [0.29, 0.717) is 24.2 Å². The highest BCUT2D eigenvalue weighted by Crippen LogP contribution is 2.42. The Morgan fingerprint density at radius 1 is 0.659 bits per heavy atom. The van der Waals surface area contributed by atoms with Gasteiger partial charge in [0.15, 0.2) is 0 Å². The number of benzene rings is 2. The molecule has 2 aromatic carbocycles. The molecular weight excluding hydrogens is 504 g/mol. The lowest BCUT2D eigenvalue weighted by atomic mass is 9.72. The number of carbonyl (C=O) groups is 1. The van der Waals surface area contributed by atoms with Gasteiger partial charge >= 0.3 is 5.97 Å². The summed E-state index contributed by atoms with van der Waals surface area (Å²) in [5.74, 6) is -0.488. The molecule has 3 nitrogen and oxygen atoms in total. The molecule has 228 valence electrons. The molecule has 0 saturated carbocycles. The van der Waals surface area contributed by atoms with Crippen LogP contribution < -0.4 is 0 Å². The Hall–Kier alpha value is -2.55. The van der Waals surface area contributed by atoms with E-state index in [4.69, 9.17) is 0 Å². The summed E-state index contributed by atoms with van der Waals surface area (Å²) >= 11 is 0. The number of aryl methyl sites for hydroxylation is 2. The number of carboxylic acid groups (broad SMARTS) is 1. The molecule has 0 saturated heterocycles. The van der Waals surface area contributed by atoms with E-state index in [1.165, 1.54) is 16.7 Å². The van der Waals surface area contributed by atoms with Gasteiger partial charge in [0.1, 0.15) is 5.75 Å². The number of aromatic hydroxyl groups is 1. The van der Waals surface area contributed by atoms with Gasteiger partial charge in [-0.05, 0) is 107 Å². The second-order valence-electron chi connectivity index (χ2n) is 14.7. The zero-order chi connectivity index (χ0) is 31.6. The number of hydrogen-bond acceptors (Lipinski definition) is 2. The molecule has 0 aliphatic carbocycles. The van der Waals surface area contributed by atoms with Crippen LogP contribution in [0, 0.1) is 0 Å². The minimum Gasteiger partial charge on any atom is -0.507 e. The molecule has 0 heterocycles. The van der Waals surface area contributed by atoms with E-state index < -0.39 is 5.97 Å². The Morgan fingerprint density at radius 3 is 1.49 bits per heavy atom. The number of hydrogen-bond donors (Lipinski definition) is 2. The summed E-state index contributed by atoms with van der Waals surface area (Å²) in [6.07, 6.45) is 7.16. The third-order valence-corrected chi connectivity index (χ3v) is 10.4. The fourth-order valence-corrected chi connectivity index (χ4v) is 5.17. The lowest BCUT2D eigenvalue weighted by molar-refractivity contribution is -0.132. The highest BCUT2D eigenvalue weighted by atomic mass is 16.4. The minimum atomic E-state index is -0.896. The van der Waals surface area contributed by atoms with Crippen molar-refractivity contribution < 1.29 is 15.0 Å². The standard InChI is InChI=1S/C38H58O3/c1-14-35(6,7)28-21-26(30(20-25(5)34(40)41)31(23-28)37(10,11)16-3)18-19-27-22-29(36(8,9)15-2)24-32(33(27)39)38(12,13)17-4/h20-24,39H,14-19H2,1-13H3,(H,40,41). The number of carboxylic acids is 1. The first-order valence-electron chi connectivity index (χ1n) is 15.7. The van der Waals surface area contributed by atoms with Gasteiger partial charge < -0.3 is 10.2 Å². The molecule has 3 heteroatoms. The Bertz CT molecular complexity index is 1270. The van der Waals surface area contributed by atoms with E-state index in [1.54, 1.807) is 6.92 Å². The van der Waals surface area contributed by atoms with Crippen molar-refractivity contribution in [2.45, 2.75) is 150 Å². The average molecular weight is 563 g/mol. The molecule has 0 amide bonds. The molecule has 0 atom stereocenters. The van der Waals surface area contributed by atoms with Crippen LogP contribution in [0.4, 0.5) is 0 Å². The summed E-state index contributed by atoms with van der Waals surface area (Å²) in [6, 6.07) is 9.06. The van der Waals surface area contributed by atoms with Crippen molar-refractivity contribution in [1.29, 1.82) is 0 Å². The normalized spacial score (nSPS) is 13.5. The summed E-state index contributed by atoms with van der Waals surface area (Å²) in [6.45, 7) is 28.6. The van der Waals surface area contributed by atoms with E-state index in [2.05, 4.69) is 107 Å². The smallest absolute Gasteiger partial charge is 0.331 e. The second kappa shape index (κ2) is 12.8. The predicted molar refractivity (Wildman–Crippen MR) is 177 cm³/mol. The van der Waals surface area contributed by atoms with Gasteiger partial charge in [-0.2, -0.15) is 0 Å². The van der Waals surface area contributed by atoms with Crippen molar-refractivity contribution in [3.63, 3.8) is 0 Å². The van der Waals surface area contributed by atoms with E-state index in [-0.39, 0.29) is 21.7 Å². The van der Waals surface area contributed by atoms with Crippen LogP contribution in [0.5, 0.6) is 5.75 Å². The monoisotopic (exact) mass is 562 g/mol. The van der Waals surface area contributed by atoms with Crippen LogP contribution in [0.15, 0.2) is 29.8 Å². The summed E-state index contributed by atoms with van der Waals surface area (Å²) in [4.78, 5) is 12.0. The van der Waals surface area contributed by atoms with Gasteiger partial charge in [-0.25, -0.2) is 4.79 Å². The van der Waals surface area contributed by atoms with Gasteiger partial charge in [-0.3, -0.25) is 0 Å². The van der Waals surface area contributed by atoms with Gasteiger partial charge in [0, 0.05) is 11.1 Å². The van der Waals surface area contributed by atoms with Crippen LogP contribution in [0.3, 0.4) is 0 Å². The highest BCUT2D eigenvalue weighted by Gasteiger charge is 2.30. The van der Waals surface area contributed by atoms with Crippen LogP contribution in [0.1, 0.15) is 155 Å². The first-order chi connectivity index (χ1) is 18.8. The van der Waals surface area contributed by atoms with E-state index in [0.717, 1.165) is 47.9 Å². The molecule has 2 aromatic rings. The molecular formula is C38H58O3. The number of phenolic OH excluding ortho intramolecular Hbond substituents is 1. The molecule has 0 fully saturated rings.